The van der Waals surface area contributed by atoms with Gasteiger partial charge in [-0.25, -0.2) is 4.39 Å². The van der Waals surface area contributed by atoms with Crippen molar-refractivity contribution in [3.8, 4) is 0 Å². The van der Waals surface area contributed by atoms with Gasteiger partial charge in [-0.2, -0.15) is 13.2 Å². The molecule has 1 aromatic carbocycles. The molecule has 1 fully saturated rings. The molecule has 16 heavy (non-hydrogen) atoms. The van der Waals surface area contributed by atoms with Crippen LogP contribution < -0.4 is 0 Å². The SMILES string of the molecule is Fc1ccc(C2CC2CCl)cc1C(F)(F)F. The van der Waals surface area contributed by atoms with Crippen molar-refractivity contribution >= 4 is 11.6 Å². The van der Waals surface area contributed by atoms with E-state index in [9.17, 15) is 17.6 Å². The van der Waals surface area contributed by atoms with E-state index in [-0.39, 0.29) is 11.8 Å². The van der Waals surface area contributed by atoms with Gasteiger partial charge in [-0.1, -0.05) is 6.07 Å². The molecule has 1 aliphatic rings. The lowest BCUT2D eigenvalue weighted by molar-refractivity contribution is -0.140. The number of hydrogen-bond donors (Lipinski definition) is 0. The lowest BCUT2D eigenvalue weighted by atomic mass is 10.1. The third-order valence-corrected chi connectivity index (χ3v) is 3.24. The lowest BCUT2D eigenvalue weighted by Gasteiger charge is -2.09. The standard InChI is InChI=1S/C11H9ClF4/c12-5-7-3-8(7)6-1-2-10(13)9(4-6)11(14,15)16/h1-2,4,7-8H,3,5H2. The molecule has 2 atom stereocenters. The fraction of sp³-hybridized carbons (Fsp3) is 0.455. The number of rotatable bonds is 2. The Hall–Kier alpha value is -0.770. The topological polar surface area (TPSA) is 0 Å². The van der Waals surface area contributed by atoms with Crippen LogP contribution in [0.25, 0.3) is 0 Å². The highest BCUT2D eigenvalue weighted by Gasteiger charge is 2.40. The molecule has 0 saturated heterocycles. The predicted molar refractivity (Wildman–Crippen MR) is 53.0 cm³/mol. The molecule has 0 bridgehead atoms. The van der Waals surface area contributed by atoms with Crippen LogP contribution in [0.2, 0.25) is 0 Å². The zero-order valence-electron chi connectivity index (χ0n) is 8.19. The van der Waals surface area contributed by atoms with Gasteiger partial charge in [0.15, 0.2) is 0 Å². The minimum Gasteiger partial charge on any atom is -0.206 e. The van der Waals surface area contributed by atoms with E-state index in [0.29, 0.717) is 11.4 Å². The number of benzene rings is 1. The lowest BCUT2D eigenvalue weighted by Crippen LogP contribution is -2.08. The molecule has 1 aromatic rings. The summed E-state index contributed by atoms with van der Waals surface area (Å²) < 4.78 is 50.3. The van der Waals surface area contributed by atoms with E-state index in [1.807, 2.05) is 0 Å². The molecule has 2 rings (SSSR count). The van der Waals surface area contributed by atoms with E-state index in [0.717, 1.165) is 18.6 Å². The van der Waals surface area contributed by atoms with Crippen molar-refractivity contribution in [1.29, 1.82) is 0 Å². The Morgan fingerprint density at radius 3 is 2.50 bits per heavy atom. The normalized spacial score (nSPS) is 24.6. The van der Waals surface area contributed by atoms with E-state index < -0.39 is 17.6 Å². The molecule has 0 radical (unpaired) electrons. The third kappa shape index (κ3) is 2.17. The highest BCUT2D eigenvalue weighted by atomic mass is 35.5. The van der Waals surface area contributed by atoms with E-state index in [1.54, 1.807) is 0 Å². The highest BCUT2D eigenvalue weighted by molar-refractivity contribution is 6.18. The van der Waals surface area contributed by atoms with E-state index in [1.165, 1.54) is 6.07 Å². The minimum atomic E-state index is -4.63. The summed E-state index contributed by atoms with van der Waals surface area (Å²) in [6.07, 6.45) is -3.85. The van der Waals surface area contributed by atoms with Gasteiger partial charge in [0, 0.05) is 5.88 Å². The van der Waals surface area contributed by atoms with Crippen LogP contribution in [0.15, 0.2) is 18.2 Å². The van der Waals surface area contributed by atoms with Crippen molar-refractivity contribution in [2.45, 2.75) is 18.5 Å². The first-order valence-electron chi connectivity index (χ1n) is 4.86. The van der Waals surface area contributed by atoms with Crippen molar-refractivity contribution in [2.24, 2.45) is 5.92 Å². The van der Waals surface area contributed by atoms with Crippen LogP contribution in [0.1, 0.15) is 23.5 Å². The molecule has 5 heteroatoms. The average molecular weight is 253 g/mol. The van der Waals surface area contributed by atoms with Crippen LogP contribution in [0.4, 0.5) is 17.6 Å². The average Bonchev–Trinajstić information content (AvgIpc) is 2.96. The molecular formula is C11H9ClF4. The quantitative estimate of drug-likeness (QED) is 0.547. The molecule has 0 heterocycles. The number of halogens is 5. The van der Waals surface area contributed by atoms with Crippen molar-refractivity contribution in [2.75, 3.05) is 5.88 Å². The van der Waals surface area contributed by atoms with Crippen LogP contribution in [0.3, 0.4) is 0 Å². The zero-order chi connectivity index (χ0) is 11.9. The summed E-state index contributed by atoms with van der Waals surface area (Å²) >= 11 is 5.61. The molecular weight excluding hydrogens is 244 g/mol. The van der Waals surface area contributed by atoms with Gasteiger partial charge in [-0.3, -0.25) is 0 Å². The molecule has 0 nitrogen and oxygen atoms in total. The van der Waals surface area contributed by atoms with Gasteiger partial charge in [-0.05, 0) is 36.0 Å². The van der Waals surface area contributed by atoms with Gasteiger partial charge >= 0.3 is 6.18 Å². The molecule has 0 spiro atoms. The Labute approximate surface area is 95.2 Å². The molecule has 0 aromatic heterocycles. The maximum absolute atomic E-state index is 13.0. The van der Waals surface area contributed by atoms with Crippen LogP contribution in [-0.4, -0.2) is 5.88 Å². The number of alkyl halides is 4. The Bertz CT molecular complexity index is 399. The van der Waals surface area contributed by atoms with Crippen molar-refractivity contribution in [3.63, 3.8) is 0 Å². The summed E-state index contributed by atoms with van der Waals surface area (Å²) in [4.78, 5) is 0. The maximum Gasteiger partial charge on any atom is 0.419 e. The summed E-state index contributed by atoms with van der Waals surface area (Å²) in [5.41, 5.74) is -0.662. The van der Waals surface area contributed by atoms with Gasteiger partial charge in [0.1, 0.15) is 5.82 Å². The van der Waals surface area contributed by atoms with Crippen LogP contribution in [0, 0.1) is 11.7 Å². The van der Waals surface area contributed by atoms with Gasteiger partial charge in [0.05, 0.1) is 5.56 Å². The Kier molecular flexibility index (Phi) is 2.86. The third-order valence-electron chi connectivity index (χ3n) is 2.84. The van der Waals surface area contributed by atoms with Crippen molar-refractivity contribution in [1.82, 2.24) is 0 Å². The van der Waals surface area contributed by atoms with Crippen molar-refractivity contribution in [3.05, 3.63) is 35.1 Å². The molecule has 0 amide bonds. The van der Waals surface area contributed by atoms with Crippen LogP contribution in [0.5, 0.6) is 0 Å². The highest BCUT2D eigenvalue weighted by Crippen LogP contribution is 2.49. The summed E-state index contributed by atoms with van der Waals surface area (Å²) in [6, 6.07) is 3.18. The Morgan fingerprint density at radius 2 is 2.00 bits per heavy atom. The van der Waals surface area contributed by atoms with Gasteiger partial charge < -0.3 is 0 Å². The largest absolute Gasteiger partial charge is 0.419 e. The minimum absolute atomic E-state index is 0.0548. The first-order chi connectivity index (χ1) is 7.43. The second kappa shape index (κ2) is 3.91. The Balaban J connectivity index is 2.30. The molecule has 0 aliphatic heterocycles. The fourth-order valence-corrected chi connectivity index (χ4v) is 2.16. The first-order valence-corrected chi connectivity index (χ1v) is 5.39. The van der Waals surface area contributed by atoms with Crippen molar-refractivity contribution < 1.29 is 17.6 Å². The summed E-state index contributed by atoms with van der Waals surface area (Å²) in [5, 5.41) is 0. The van der Waals surface area contributed by atoms with Gasteiger partial charge in [0.2, 0.25) is 0 Å². The molecule has 88 valence electrons. The van der Waals surface area contributed by atoms with E-state index in [4.69, 9.17) is 11.6 Å². The molecule has 0 N–H and O–H groups in total. The smallest absolute Gasteiger partial charge is 0.206 e. The summed E-state index contributed by atoms with van der Waals surface area (Å²) in [6.45, 7) is 0. The second-order valence-corrected chi connectivity index (χ2v) is 4.30. The van der Waals surface area contributed by atoms with E-state index in [2.05, 4.69) is 0 Å². The zero-order valence-corrected chi connectivity index (χ0v) is 8.95. The monoisotopic (exact) mass is 252 g/mol. The van der Waals surface area contributed by atoms with Gasteiger partial charge in [0.25, 0.3) is 0 Å². The summed E-state index contributed by atoms with van der Waals surface area (Å²) in [5.74, 6) is -0.504. The molecule has 1 saturated carbocycles. The van der Waals surface area contributed by atoms with E-state index >= 15 is 0 Å². The van der Waals surface area contributed by atoms with Crippen LogP contribution >= 0.6 is 11.6 Å². The number of hydrogen-bond acceptors (Lipinski definition) is 0. The molecule has 1 aliphatic carbocycles. The summed E-state index contributed by atoms with van der Waals surface area (Å²) in [7, 11) is 0. The molecule has 2 unspecified atom stereocenters. The maximum atomic E-state index is 13.0. The van der Waals surface area contributed by atoms with Gasteiger partial charge in [-0.15, -0.1) is 11.6 Å². The predicted octanol–water partition coefficient (Wildman–Crippen LogP) is 4.19. The Morgan fingerprint density at radius 1 is 1.31 bits per heavy atom. The van der Waals surface area contributed by atoms with Crippen LogP contribution in [-0.2, 0) is 6.18 Å². The fourth-order valence-electron chi connectivity index (χ4n) is 1.82. The second-order valence-electron chi connectivity index (χ2n) is 3.99. The first kappa shape index (κ1) is 11.7.